The monoisotopic (exact) mass is 668 g/mol. The van der Waals surface area contributed by atoms with E-state index in [-0.39, 0.29) is 11.4 Å². The van der Waals surface area contributed by atoms with E-state index in [9.17, 15) is 24.5 Å². The summed E-state index contributed by atoms with van der Waals surface area (Å²) in [6.45, 7) is 16.1. The number of hydrogen-bond acceptors (Lipinski definition) is 9. The van der Waals surface area contributed by atoms with Gasteiger partial charge in [0.25, 0.3) is 5.76 Å². The fraction of sp³-hybridized carbons (Fsp3) is 0.743. The molecule has 6 atom stereocenters. The average molecular weight is 669 g/mol. The maximum Gasteiger partial charge on any atom is 0.585 e. The minimum Gasteiger partial charge on any atom is -0.505 e. The summed E-state index contributed by atoms with van der Waals surface area (Å²) in [4.78, 5) is 22.7. The number of benzene rings is 1. The highest BCUT2D eigenvalue weighted by Crippen LogP contribution is 2.52. The molecule has 0 fully saturated rings. The van der Waals surface area contributed by atoms with Crippen LogP contribution < -0.4 is 9.26 Å². The molecule has 0 bridgehead atoms. The molecular formula is C35H57O10P. The molecule has 1 aromatic carbocycles. The van der Waals surface area contributed by atoms with Crippen molar-refractivity contribution < 1.29 is 48.1 Å². The molecule has 262 valence electrons. The van der Waals surface area contributed by atoms with Gasteiger partial charge in [0.15, 0.2) is 11.9 Å². The number of rotatable bonds is 18. The van der Waals surface area contributed by atoms with Crippen LogP contribution in [0.2, 0.25) is 0 Å². The van der Waals surface area contributed by atoms with Gasteiger partial charge in [-0.15, -0.1) is 0 Å². The molecule has 0 saturated heterocycles. The summed E-state index contributed by atoms with van der Waals surface area (Å²) >= 11 is 0. The van der Waals surface area contributed by atoms with E-state index in [4.69, 9.17) is 23.6 Å². The van der Waals surface area contributed by atoms with Gasteiger partial charge in [-0.1, -0.05) is 72.6 Å². The zero-order chi connectivity index (χ0) is 34.4. The van der Waals surface area contributed by atoms with E-state index in [2.05, 4.69) is 34.6 Å². The van der Waals surface area contributed by atoms with Crippen molar-refractivity contribution in [1.29, 1.82) is 0 Å². The Morgan fingerprint density at radius 2 is 1.52 bits per heavy atom. The number of ether oxygens (including phenoxy) is 2. The maximum atomic E-state index is 13.0. The lowest BCUT2D eigenvalue weighted by molar-refractivity contribution is -0.147. The van der Waals surface area contributed by atoms with Crippen molar-refractivity contribution in [2.75, 3.05) is 6.61 Å². The van der Waals surface area contributed by atoms with Crippen LogP contribution in [0, 0.1) is 38.5 Å². The highest BCUT2D eigenvalue weighted by Gasteiger charge is 2.44. The Hall–Kier alpha value is -2.26. The molecule has 46 heavy (non-hydrogen) atoms. The van der Waals surface area contributed by atoms with E-state index in [1.165, 1.54) is 44.9 Å². The lowest BCUT2D eigenvalue weighted by atomic mass is 9.84. The third-order valence-corrected chi connectivity index (χ3v) is 10.5. The van der Waals surface area contributed by atoms with Gasteiger partial charge in [0.05, 0.1) is 6.61 Å². The summed E-state index contributed by atoms with van der Waals surface area (Å²) in [5, 5.41) is 29.1. The van der Waals surface area contributed by atoms with Crippen LogP contribution >= 0.6 is 7.82 Å². The fourth-order valence-electron chi connectivity index (χ4n) is 6.55. The van der Waals surface area contributed by atoms with E-state index < -0.39 is 44.1 Å². The summed E-state index contributed by atoms with van der Waals surface area (Å²) < 4.78 is 34.9. The normalized spacial score (nSPS) is 23.0. The van der Waals surface area contributed by atoms with Crippen molar-refractivity contribution in [2.24, 2.45) is 17.8 Å². The second-order valence-corrected chi connectivity index (χ2v) is 15.7. The maximum absolute atomic E-state index is 13.0. The molecule has 5 unspecified atom stereocenters. The molecule has 0 aromatic heterocycles. The molecule has 1 aromatic rings. The van der Waals surface area contributed by atoms with Crippen LogP contribution in [-0.2, 0) is 25.0 Å². The molecule has 11 heteroatoms. The molecule has 0 radical (unpaired) electrons. The van der Waals surface area contributed by atoms with Crippen LogP contribution in [0.4, 0.5) is 0 Å². The summed E-state index contributed by atoms with van der Waals surface area (Å²) in [6.07, 6.45) is 9.29. The van der Waals surface area contributed by atoms with E-state index in [1.807, 2.05) is 6.92 Å². The number of carbonyl (C=O) groups is 1. The zero-order valence-electron chi connectivity index (χ0n) is 29.1. The van der Waals surface area contributed by atoms with Crippen LogP contribution in [0.5, 0.6) is 11.5 Å². The average Bonchev–Trinajstić information content (AvgIpc) is 3.25. The van der Waals surface area contributed by atoms with Crippen molar-refractivity contribution in [1.82, 2.24) is 0 Å². The first-order valence-corrected chi connectivity index (χ1v) is 18.4. The van der Waals surface area contributed by atoms with Crippen molar-refractivity contribution >= 4 is 13.8 Å². The summed E-state index contributed by atoms with van der Waals surface area (Å²) in [7, 11) is -4.99. The molecule has 0 spiro atoms. The lowest BCUT2D eigenvalue weighted by Crippen LogP contribution is -2.37. The zero-order valence-corrected chi connectivity index (χ0v) is 30.0. The molecule has 4 N–H and O–H groups in total. The highest BCUT2D eigenvalue weighted by molar-refractivity contribution is 7.48. The smallest absolute Gasteiger partial charge is 0.505 e. The predicted molar refractivity (Wildman–Crippen MR) is 177 cm³/mol. The number of esters is 1. The summed E-state index contributed by atoms with van der Waals surface area (Å²) in [5.74, 6) is 0.0670. The number of aliphatic hydroxyl groups excluding tert-OH is 3. The Morgan fingerprint density at radius 1 is 0.935 bits per heavy atom. The topological polar surface area (TPSA) is 152 Å². The van der Waals surface area contributed by atoms with Gasteiger partial charge in [0.1, 0.15) is 23.2 Å². The highest BCUT2D eigenvalue weighted by atomic mass is 31.2. The number of fused-ring (bicyclic) bond motifs is 1. The lowest BCUT2D eigenvalue weighted by Gasteiger charge is -2.38. The second-order valence-electron chi connectivity index (χ2n) is 14.4. The number of carbonyl (C=O) groups excluding carboxylic acids is 1. The molecule has 10 nitrogen and oxygen atoms in total. The van der Waals surface area contributed by atoms with Gasteiger partial charge in [-0.05, 0) is 87.8 Å². The van der Waals surface area contributed by atoms with Crippen LogP contribution in [0.3, 0.4) is 0 Å². The standard InChI is InChI=1S/C35H57O10P/c1-21(2)12-9-13-22(3)14-10-15-23(4)16-11-18-35(8)19-17-27-26(7)30(24(5)25(6)31(27)43-35)44-46(40,41)45-33-29(38)32(28(37)20-36)42-34(33)39/h21-23,28,32,36-38H,9-20H2,1-8H3,(H,40,41)/t22?,23?,28-,32?,35?/m0/s1. The Kier molecular flexibility index (Phi) is 13.5. The largest absolute Gasteiger partial charge is 0.585 e. The first-order chi connectivity index (χ1) is 21.5. The van der Waals surface area contributed by atoms with Gasteiger partial charge in [-0.3, -0.25) is 4.89 Å². The first-order valence-electron chi connectivity index (χ1n) is 16.9. The molecule has 0 saturated carbocycles. The van der Waals surface area contributed by atoms with Crippen LogP contribution in [0.25, 0.3) is 0 Å². The molecular weight excluding hydrogens is 611 g/mol. The van der Waals surface area contributed by atoms with Gasteiger partial charge in [-0.2, -0.15) is 0 Å². The Labute approximate surface area is 275 Å². The summed E-state index contributed by atoms with van der Waals surface area (Å²) in [6, 6.07) is 0. The predicted octanol–water partition coefficient (Wildman–Crippen LogP) is 7.68. The van der Waals surface area contributed by atoms with Gasteiger partial charge < -0.3 is 33.8 Å². The molecule has 0 amide bonds. The third kappa shape index (κ3) is 9.88. The Morgan fingerprint density at radius 3 is 2.11 bits per heavy atom. The Bertz CT molecular complexity index is 1290. The first kappa shape index (κ1) is 38.2. The van der Waals surface area contributed by atoms with Gasteiger partial charge in [0, 0.05) is 5.56 Å². The Balaban J connectivity index is 1.59. The second kappa shape index (κ2) is 16.2. The van der Waals surface area contributed by atoms with E-state index in [1.54, 1.807) is 13.8 Å². The number of phosphoric ester groups is 1. The van der Waals surface area contributed by atoms with Gasteiger partial charge in [-0.25, -0.2) is 9.36 Å². The van der Waals surface area contributed by atoms with Gasteiger partial charge in [0.2, 0.25) is 0 Å². The van der Waals surface area contributed by atoms with Crippen molar-refractivity contribution in [3.8, 4) is 11.5 Å². The number of phosphoric acid groups is 1. The van der Waals surface area contributed by atoms with Crippen molar-refractivity contribution in [2.45, 2.75) is 144 Å². The molecule has 3 rings (SSSR count). The van der Waals surface area contributed by atoms with E-state index >= 15 is 0 Å². The van der Waals surface area contributed by atoms with Crippen molar-refractivity contribution in [3.05, 3.63) is 33.8 Å². The van der Waals surface area contributed by atoms with Crippen LogP contribution in [-0.4, -0.2) is 50.6 Å². The van der Waals surface area contributed by atoms with Crippen LogP contribution in [0.1, 0.15) is 121 Å². The number of cyclic esters (lactones) is 1. The quantitative estimate of drug-likeness (QED) is 0.0905. The molecule has 0 aliphatic carbocycles. The fourth-order valence-corrected chi connectivity index (χ4v) is 7.49. The summed E-state index contributed by atoms with van der Waals surface area (Å²) in [5.41, 5.74) is 2.57. The minimum absolute atomic E-state index is 0.135. The number of hydrogen-bond donors (Lipinski definition) is 4. The van der Waals surface area contributed by atoms with Gasteiger partial charge >= 0.3 is 13.8 Å². The van der Waals surface area contributed by atoms with E-state index in [0.29, 0.717) is 23.5 Å². The molecule has 2 aliphatic heterocycles. The number of aliphatic hydroxyl groups is 3. The van der Waals surface area contributed by atoms with E-state index in [0.717, 1.165) is 48.0 Å². The van der Waals surface area contributed by atoms with Crippen molar-refractivity contribution in [3.63, 3.8) is 0 Å². The minimum atomic E-state index is -4.99. The van der Waals surface area contributed by atoms with Crippen LogP contribution in [0.15, 0.2) is 11.5 Å². The molecule has 2 heterocycles. The molecule has 2 aliphatic rings. The third-order valence-electron chi connectivity index (χ3n) is 9.71. The SMILES string of the molecule is Cc1c(C)c2c(c(C)c1OP(=O)(O)OC1=C(O)C([C@@H](O)CO)OC1=O)CCC(C)(CCCC(C)CCCC(C)CCCC(C)C)O2.